The van der Waals surface area contributed by atoms with E-state index in [1.54, 1.807) is 18.3 Å². The number of nitriles is 1. The van der Waals surface area contributed by atoms with Gasteiger partial charge in [0.1, 0.15) is 6.10 Å². The molecule has 1 aliphatic heterocycles. The molecule has 5 heteroatoms. The van der Waals surface area contributed by atoms with Crippen LogP contribution in [0.3, 0.4) is 0 Å². The number of halogens is 1. The van der Waals surface area contributed by atoms with Gasteiger partial charge in [0, 0.05) is 37.2 Å². The highest BCUT2D eigenvalue weighted by Crippen LogP contribution is 2.32. The van der Waals surface area contributed by atoms with E-state index in [0.29, 0.717) is 28.3 Å². The van der Waals surface area contributed by atoms with Gasteiger partial charge in [0.05, 0.1) is 16.7 Å². The fourth-order valence-electron chi connectivity index (χ4n) is 3.07. The van der Waals surface area contributed by atoms with Crippen molar-refractivity contribution in [3.63, 3.8) is 0 Å². The number of hydrogen-bond acceptors (Lipinski definition) is 4. The van der Waals surface area contributed by atoms with Gasteiger partial charge in [-0.15, -0.1) is 0 Å². The Morgan fingerprint density at radius 3 is 2.70 bits per heavy atom. The minimum absolute atomic E-state index is 0.0271. The van der Waals surface area contributed by atoms with Crippen molar-refractivity contribution in [1.29, 1.82) is 5.26 Å². The molecule has 1 aliphatic rings. The minimum Gasteiger partial charge on any atom is -0.474 e. The van der Waals surface area contributed by atoms with Crippen molar-refractivity contribution < 1.29 is 4.74 Å². The summed E-state index contributed by atoms with van der Waals surface area (Å²) in [6, 6.07) is 13.5. The van der Waals surface area contributed by atoms with Gasteiger partial charge in [0.2, 0.25) is 5.88 Å². The van der Waals surface area contributed by atoms with Crippen LogP contribution in [0.5, 0.6) is 5.88 Å². The van der Waals surface area contributed by atoms with E-state index in [1.165, 1.54) is 5.56 Å². The Balaban J connectivity index is 1.72. The smallest absolute Gasteiger partial charge is 0.213 e. The Kier molecular flexibility index (Phi) is 4.80. The van der Waals surface area contributed by atoms with E-state index in [9.17, 15) is 0 Å². The molecular formula is C18H18ClN3O. The van der Waals surface area contributed by atoms with Crippen molar-refractivity contribution in [2.45, 2.75) is 18.9 Å². The van der Waals surface area contributed by atoms with Gasteiger partial charge in [-0.25, -0.2) is 4.98 Å². The lowest BCUT2D eigenvalue weighted by Crippen LogP contribution is -2.29. The van der Waals surface area contributed by atoms with Crippen molar-refractivity contribution >= 4 is 11.6 Å². The van der Waals surface area contributed by atoms with Crippen LogP contribution in [0.4, 0.5) is 0 Å². The average molecular weight is 328 g/mol. The molecule has 0 aliphatic carbocycles. The highest BCUT2D eigenvalue weighted by molar-refractivity contribution is 6.30. The van der Waals surface area contributed by atoms with Crippen LogP contribution in [0, 0.1) is 17.2 Å². The van der Waals surface area contributed by atoms with Crippen LogP contribution in [0.1, 0.15) is 24.0 Å². The maximum absolute atomic E-state index is 8.92. The zero-order valence-electron chi connectivity index (χ0n) is 12.9. The molecule has 0 spiro atoms. The molecule has 1 fully saturated rings. The molecule has 23 heavy (non-hydrogen) atoms. The lowest BCUT2D eigenvalue weighted by Gasteiger charge is -2.25. The molecule has 2 heterocycles. The number of nitrogens with one attached hydrogen (secondary N) is 1. The predicted molar refractivity (Wildman–Crippen MR) is 89.6 cm³/mol. The zero-order chi connectivity index (χ0) is 16.2. The van der Waals surface area contributed by atoms with Gasteiger partial charge in [-0.1, -0.05) is 23.7 Å². The summed E-state index contributed by atoms with van der Waals surface area (Å²) in [6.07, 6.45) is 1.62. The summed E-state index contributed by atoms with van der Waals surface area (Å²) in [5.41, 5.74) is 1.92. The van der Waals surface area contributed by atoms with E-state index in [1.807, 2.05) is 24.3 Å². The molecule has 1 saturated heterocycles. The Morgan fingerprint density at radius 2 is 2.04 bits per heavy atom. The van der Waals surface area contributed by atoms with Gasteiger partial charge in [0.25, 0.3) is 0 Å². The molecular weight excluding hydrogens is 310 g/mol. The number of ether oxygens (including phenoxy) is 1. The number of pyridine rings is 1. The average Bonchev–Trinajstić information content (AvgIpc) is 3.07. The zero-order valence-corrected chi connectivity index (χ0v) is 13.6. The molecule has 4 nitrogen and oxygen atoms in total. The molecule has 1 aromatic carbocycles. The van der Waals surface area contributed by atoms with Gasteiger partial charge < -0.3 is 10.1 Å². The predicted octanol–water partition coefficient (Wildman–Crippen LogP) is 3.38. The third-order valence-electron chi connectivity index (χ3n) is 4.34. The third-order valence-corrected chi connectivity index (χ3v) is 4.56. The number of rotatable bonds is 4. The van der Waals surface area contributed by atoms with Crippen LogP contribution in [0.2, 0.25) is 5.02 Å². The first-order valence-corrected chi connectivity index (χ1v) is 8.04. The highest BCUT2D eigenvalue weighted by Gasteiger charge is 2.33. The summed E-state index contributed by atoms with van der Waals surface area (Å²) in [5, 5.41) is 13.0. The van der Waals surface area contributed by atoms with Crippen molar-refractivity contribution in [3.05, 3.63) is 58.7 Å². The molecule has 0 amide bonds. The summed E-state index contributed by atoms with van der Waals surface area (Å²) in [4.78, 5) is 4.20. The molecule has 2 aromatic rings. The lowest BCUT2D eigenvalue weighted by molar-refractivity contribution is 0.145. The van der Waals surface area contributed by atoms with Crippen LogP contribution in [-0.4, -0.2) is 24.2 Å². The molecule has 3 atom stereocenters. The fourth-order valence-corrected chi connectivity index (χ4v) is 3.18. The SMILES string of the molecule is C[C@H](Oc1ccc(Cl)cn1)[C@H]1CNC[C@@H]1c1ccc(C#N)cc1. The largest absolute Gasteiger partial charge is 0.474 e. The van der Waals surface area contributed by atoms with Crippen LogP contribution in [-0.2, 0) is 0 Å². The van der Waals surface area contributed by atoms with E-state index in [4.69, 9.17) is 21.6 Å². The van der Waals surface area contributed by atoms with Crippen LogP contribution in [0.15, 0.2) is 42.6 Å². The van der Waals surface area contributed by atoms with E-state index >= 15 is 0 Å². The summed E-state index contributed by atoms with van der Waals surface area (Å²) >= 11 is 5.85. The van der Waals surface area contributed by atoms with E-state index in [2.05, 4.69) is 23.3 Å². The molecule has 3 rings (SSSR count). The normalized spacial score (nSPS) is 21.6. The Morgan fingerprint density at radius 1 is 1.26 bits per heavy atom. The lowest BCUT2D eigenvalue weighted by atomic mass is 9.85. The topological polar surface area (TPSA) is 57.9 Å². The standard InChI is InChI=1S/C18H18ClN3O/c1-12(23-18-7-6-15(19)9-22-18)16-10-21-11-17(16)14-4-2-13(8-20)3-5-14/h2-7,9,12,16-17,21H,10-11H2,1H3/t12-,16+,17+/m0/s1. The summed E-state index contributed by atoms with van der Waals surface area (Å²) in [5.74, 6) is 1.30. The second-order valence-electron chi connectivity index (χ2n) is 5.80. The molecule has 1 N–H and O–H groups in total. The first-order valence-electron chi connectivity index (χ1n) is 7.66. The van der Waals surface area contributed by atoms with Crippen LogP contribution < -0.4 is 10.1 Å². The number of aromatic nitrogens is 1. The number of hydrogen-bond donors (Lipinski definition) is 1. The molecule has 0 unspecified atom stereocenters. The monoisotopic (exact) mass is 327 g/mol. The first kappa shape index (κ1) is 15.8. The van der Waals surface area contributed by atoms with Crippen molar-refractivity contribution in [2.24, 2.45) is 5.92 Å². The van der Waals surface area contributed by atoms with Gasteiger partial charge in [-0.3, -0.25) is 0 Å². The highest BCUT2D eigenvalue weighted by atomic mass is 35.5. The molecule has 118 valence electrons. The second-order valence-corrected chi connectivity index (χ2v) is 6.24. The Bertz CT molecular complexity index is 694. The maximum atomic E-state index is 8.92. The summed E-state index contributed by atoms with van der Waals surface area (Å²) in [7, 11) is 0. The molecule has 0 radical (unpaired) electrons. The van der Waals surface area contributed by atoms with Crippen LogP contribution in [0.25, 0.3) is 0 Å². The van der Waals surface area contributed by atoms with Gasteiger partial charge in [-0.05, 0) is 30.7 Å². The first-order chi connectivity index (χ1) is 11.2. The number of benzene rings is 1. The Labute approximate surface area is 141 Å². The van der Waals surface area contributed by atoms with E-state index < -0.39 is 0 Å². The van der Waals surface area contributed by atoms with Crippen molar-refractivity contribution in [2.75, 3.05) is 13.1 Å². The molecule has 1 aromatic heterocycles. The summed E-state index contributed by atoms with van der Waals surface area (Å²) in [6.45, 7) is 3.89. The van der Waals surface area contributed by atoms with Crippen molar-refractivity contribution in [1.82, 2.24) is 10.3 Å². The Hall–Kier alpha value is -2.09. The quantitative estimate of drug-likeness (QED) is 0.935. The van der Waals surface area contributed by atoms with Crippen LogP contribution >= 0.6 is 11.6 Å². The fraction of sp³-hybridized carbons (Fsp3) is 0.333. The molecule has 0 bridgehead atoms. The van der Waals surface area contributed by atoms with Crippen molar-refractivity contribution in [3.8, 4) is 11.9 Å². The maximum Gasteiger partial charge on any atom is 0.213 e. The molecule has 0 saturated carbocycles. The van der Waals surface area contributed by atoms with E-state index in [0.717, 1.165) is 13.1 Å². The minimum atomic E-state index is 0.0271. The second kappa shape index (κ2) is 6.99. The van der Waals surface area contributed by atoms with Gasteiger partial charge >= 0.3 is 0 Å². The van der Waals surface area contributed by atoms with Gasteiger partial charge in [0.15, 0.2) is 0 Å². The van der Waals surface area contributed by atoms with Gasteiger partial charge in [-0.2, -0.15) is 5.26 Å². The van der Waals surface area contributed by atoms with E-state index in [-0.39, 0.29) is 6.10 Å². The summed E-state index contributed by atoms with van der Waals surface area (Å²) < 4.78 is 5.99. The third kappa shape index (κ3) is 3.64. The number of nitrogens with zero attached hydrogens (tertiary/aromatic N) is 2.